The summed E-state index contributed by atoms with van der Waals surface area (Å²) in [5.74, 6) is -7.13. The molecule has 2 aliphatic heterocycles. The second-order valence-electron chi connectivity index (χ2n) is 8.27. The summed E-state index contributed by atoms with van der Waals surface area (Å²) in [6.07, 6.45) is -0.231. The number of rotatable bonds is 9. The summed E-state index contributed by atoms with van der Waals surface area (Å²) in [5, 5.41) is 13.8. The van der Waals surface area contributed by atoms with Gasteiger partial charge in [-0.3, -0.25) is 5.73 Å². The van der Waals surface area contributed by atoms with Crippen LogP contribution in [0.15, 0.2) is 52.9 Å². The van der Waals surface area contributed by atoms with Gasteiger partial charge in [-0.1, -0.05) is 35.3 Å². The van der Waals surface area contributed by atoms with Crippen molar-refractivity contribution in [3.63, 3.8) is 0 Å². The van der Waals surface area contributed by atoms with Crippen molar-refractivity contribution in [1.82, 2.24) is 5.32 Å². The van der Waals surface area contributed by atoms with Crippen molar-refractivity contribution in [3.8, 4) is 0 Å². The molecule has 14 heteroatoms. The first kappa shape index (κ1) is 30.1. The van der Waals surface area contributed by atoms with Gasteiger partial charge in [-0.15, -0.1) is 0 Å². The number of allylic oxidation sites excluding steroid dienone is 1. The smallest absolute Gasteiger partial charge is 0.345 e. The molecule has 2 atom stereocenters. The SMILES string of the molecule is CCOC(=O)C1=C(COCC(O)C2(N)OC(=O)C=CC(=O)O2)NC(C)=C(C(=O)OC)C1c1cccc(Cl)c1Cl. The zero-order valence-electron chi connectivity index (χ0n) is 21.1. The summed E-state index contributed by atoms with van der Waals surface area (Å²) in [7, 11) is 1.19. The van der Waals surface area contributed by atoms with Gasteiger partial charge >= 0.3 is 29.8 Å². The lowest BCUT2D eigenvalue weighted by Gasteiger charge is -2.33. The zero-order valence-corrected chi connectivity index (χ0v) is 22.6. The Labute approximate surface area is 233 Å². The Kier molecular flexibility index (Phi) is 9.75. The molecule has 0 aliphatic carbocycles. The lowest BCUT2D eigenvalue weighted by atomic mass is 9.80. The highest BCUT2D eigenvalue weighted by Crippen LogP contribution is 2.43. The minimum absolute atomic E-state index is 0.0158. The van der Waals surface area contributed by atoms with Crippen LogP contribution in [-0.4, -0.2) is 67.9 Å². The first-order valence-electron chi connectivity index (χ1n) is 11.5. The van der Waals surface area contributed by atoms with Crippen LogP contribution in [0.4, 0.5) is 0 Å². The van der Waals surface area contributed by atoms with E-state index in [0.29, 0.717) is 11.3 Å². The first-order valence-corrected chi connectivity index (χ1v) is 12.3. The van der Waals surface area contributed by atoms with E-state index in [1.54, 1.807) is 32.0 Å². The topological polar surface area (TPSA) is 173 Å². The van der Waals surface area contributed by atoms with E-state index in [1.807, 2.05) is 0 Å². The molecule has 3 rings (SSSR count). The summed E-state index contributed by atoms with van der Waals surface area (Å²) in [6, 6.07) is 4.76. The molecule has 0 bridgehead atoms. The van der Waals surface area contributed by atoms with Crippen LogP contribution in [0.3, 0.4) is 0 Å². The number of methoxy groups -OCH3 is 1. The predicted molar refractivity (Wildman–Crippen MR) is 136 cm³/mol. The van der Waals surface area contributed by atoms with Crippen molar-refractivity contribution >= 4 is 47.1 Å². The predicted octanol–water partition coefficient (Wildman–Crippen LogP) is 1.59. The minimum Gasteiger partial charge on any atom is -0.466 e. The molecule has 0 spiro atoms. The van der Waals surface area contributed by atoms with Gasteiger partial charge in [0.25, 0.3) is 0 Å². The molecule has 0 saturated carbocycles. The fourth-order valence-corrected chi connectivity index (χ4v) is 4.38. The van der Waals surface area contributed by atoms with E-state index in [0.717, 1.165) is 12.2 Å². The summed E-state index contributed by atoms with van der Waals surface area (Å²) >= 11 is 12.7. The third-order valence-corrected chi connectivity index (χ3v) is 6.53. The van der Waals surface area contributed by atoms with E-state index in [9.17, 15) is 24.3 Å². The van der Waals surface area contributed by atoms with Crippen LogP contribution in [0.5, 0.6) is 0 Å². The minimum atomic E-state index is -2.53. The van der Waals surface area contributed by atoms with E-state index in [4.69, 9.17) is 52.6 Å². The molecule has 0 radical (unpaired) electrons. The maximum absolute atomic E-state index is 13.2. The second-order valence-corrected chi connectivity index (χ2v) is 9.06. The van der Waals surface area contributed by atoms with Crippen LogP contribution >= 0.6 is 23.2 Å². The highest BCUT2D eigenvalue weighted by Gasteiger charge is 2.44. The number of carbonyl (C=O) groups is 4. The fourth-order valence-electron chi connectivity index (χ4n) is 3.96. The number of benzene rings is 1. The molecule has 0 fully saturated rings. The Morgan fingerprint density at radius 3 is 2.38 bits per heavy atom. The highest BCUT2D eigenvalue weighted by molar-refractivity contribution is 6.42. The van der Waals surface area contributed by atoms with E-state index >= 15 is 0 Å². The Morgan fingerprint density at radius 2 is 1.79 bits per heavy atom. The molecule has 12 nitrogen and oxygen atoms in total. The number of aliphatic hydroxyl groups is 1. The average molecular weight is 585 g/mol. The molecule has 0 amide bonds. The van der Waals surface area contributed by atoms with Crippen molar-refractivity contribution in [2.75, 3.05) is 26.9 Å². The summed E-state index contributed by atoms with van der Waals surface area (Å²) < 4.78 is 25.5. The Morgan fingerprint density at radius 1 is 1.15 bits per heavy atom. The van der Waals surface area contributed by atoms with Crippen LogP contribution < -0.4 is 11.1 Å². The number of halogens is 2. The summed E-state index contributed by atoms with van der Waals surface area (Å²) in [4.78, 5) is 49.5. The van der Waals surface area contributed by atoms with E-state index in [2.05, 4.69) is 5.32 Å². The number of nitrogens with one attached hydrogen (secondary N) is 1. The Bertz CT molecular complexity index is 1250. The molecular formula is C25H26Cl2N2O10. The molecule has 1 aromatic rings. The number of dihydropyridines is 1. The molecule has 2 unspecified atom stereocenters. The number of cyclic esters (lactones) is 2. The van der Waals surface area contributed by atoms with E-state index < -0.39 is 48.4 Å². The largest absolute Gasteiger partial charge is 0.466 e. The van der Waals surface area contributed by atoms with Gasteiger partial charge in [-0.2, -0.15) is 0 Å². The van der Waals surface area contributed by atoms with Gasteiger partial charge in [0, 0.05) is 17.8 Å². The molecule has 39 heavy (non-hydrogen) atoms. The number of carbonyl (C=O) groups excluding carboxylic acids is 4. The molecule has 1 aromatic carbocycles. The molecule has 2 aliphatic rings. The van der Waals surface area contributed by atoms with Crippen molar-refractivity contribution in [2.45, 2.75) is 31.8 Å². The van der Waals surface area contributed by atoms with Gasteiger partial charge < -0.3 is 34.1 Å². The maximum Gasteiger partial charge on any atom is 0.345 e. The second kappa shape index (κ2) is 12.6. The monoisotopic (exact) mass is 584 g/mol. The standard InChI is InChI=1S/C25H26Cl2N2O10/c1-4-37-24(34)21-15(10-36-11-16(30)25(28)38-17(31)8-9-18(32)39-25)29-12(2)19(23(33)35-3)20(21)13-6-5-7-14(26)22(13)27/h5-9,16,20,29-30H,4,10-11,28H2,1-3H3. The number of esters is 4. The van der Waals surface area contributed by atoms with Gasteiger partial charge in [0.05, 0.1) is 59.7 Å². The quantitative estimate of drug-likeness (QED) is 0.283. The molecule has 0 saturated heterocycles. The zero-order chi connectivity index (χ0) is 28.9. The van der Waals surface area contributed by atoms with Crippen molar-refractivity contribution in [3.05, 3.63) is 68.5 Å². The normalized spacial score (nSPS) is 19.5. The van der Waals surface area contributed by atoms with Crippen LogP contribution in [0.1, 0.15) is 25.3 Å². The van der Waals surface area contributed by atoms with Crippen molar-refractivity contribution in [1.29, 1.82) is 0 Å². The summed E-state index contributed by atoms with van der Waals surface area (Å²) in [5.41, 5.74) is 6.66. The Balaban J connectivity index is 1.99. The van der Waals surface area contributed by atoms with Gasteiger partial charge in [0.15, 0.2) is 6.10 Å². The molecular weight excluding hydrogens is 559 g/mol. The third kappa shape index (κ3) is 6.60. The average Bonchev–Trinajstić information content (AvgIpc) is 3.01. The summed E-state index contributed by atoms with van der Waals surface area (Å²) in [6.45, 7) is 2.24. The molecule has 0 aromatic heterocycles. The number of ether oxygens (including phenoxy) is 5. The first-order chi connectivity index (χ1) is 18.4. The highest BCUT2D eigenvalue weighted by atomic mass is 35.5. The Hall–Kier alpha value is -3.42. The number of hydrogen-bond acceptors (Lipinski definition) is 12. The van der Waals surface area contributed by atoms with Gasteiger partial charge in [0.1, 0.15) is 0 Å². The lowest BCUT2D eigenvalue weighted by molar-refractivity contribution is -0.258. The van der Waals surface area contributed by atoms with Crippen LogP contribution in [0, 0.1) is 0 Å². The van der Waals surface area contributed by atoms with E-state index in [-0.39, 0.29) is 40.1 Å². The van der Waals surface area contributed by atoms with Crippen molar-refractivity contribution in [2.24, 2.45) is 5.73 Å². The molecule has 2 heterocycles. The number of hydrogen-bond donors (Lipinski definition) is 3. The maximum atomic E-state index is 13.2. The van der Waals surface area contributed by atoms with Gasteiger partial charge in [-0.05, 0) is 25.5 Å². The lowest BCUT2D eigenvalue weighted by Crippen LogP contribution is -2.58. The van der Waals surface area contributed by atoms with Gasteiger partial charge in [0.2, 0.25) is 0 Å². The number of nitrogens with two attached hydrogens (primary N) is 1. The van der Waals surface area contributed by atoms with Gasteiger partial charge in [-0.25, -0.2) is 19.2 Å². The van der Waals surface area contributed by atoms with E-state index in [1.165, 1.54) is 7.11 Å². The number of aliphatic hydroxyl groups excluding tert-OH is 1. The molecule has 4 N–H and O–H groups in total. The van der Waals surface area contributed by atoms with Crippen molar-refractivity contribution < 1.29 is 48.0 Å². The molecule has 210 valence electrons. The van der Waals surface area contributed by atoms with Crippen LogP contribution in [-0.2, 0) is 42.9 Å². The fraction of sp³-hybridized carbons (Fsp3) is 0.360. The van der Waals surface area contributed by atoms with Crippen LogP contribution in [0.25, 0.3) is 0 Å². The van der Waals surface area contributed by atoms with Crippen LogP contribution in [0.2, 0.25) is 10.0 Å². The third-order valence-electron chi connectivity index (χ3n) is 5.70.